The van der Waals surface area contributed by atoms with Crippen LogP contribution in [0.5, 0.6) is 0 Å². The molecule has 4 N–H and O–H groups in total. The second kappa shape index (κ2) is 9.89. The summed E-state index contributed by atoms with van der Waals surface area (Å²) in [6.07, 6.45) is 2.09. The van der Waals surface area contributed by atoms with Crippen LogP contribution in [0.3, 0.4) is 0 Å². The molecule has 1 atom stereocenters. The van der Waals surface area contributed by atoms with Crippen molar-refractivity contribution in [1.29, 1.82) is 0 Å². The number of benzene rings is 1. The van der Waals surface area contributed by atoms with Gasteiger partial charge in [0.1, 0.15) is 0 Å². The Morgan fingerprint density at radius 1 is 1.14 bits per heavy atom. The van der Waals surface area contributed by atoms with Crippen molar-refractivity contribution >= 4 is 17.5 Å². The maximum absolute atomic E-state index is 14.0. The Balaban J connectivity index is 2.37. The molecule has 1 aromatic carbocycles. The van der Waals surface area contributed by atoms with Crippen LogP contribution in [0, 0.1) is 0 Å². The average molecular weight is 309 g/mol. The van der Waals surface area contributed by atoms with Gasteiger partial charge in [0.2, 0.25) is 12.1 Å². The maximum Gasteiger partial charge on any atom is 0.259 e. The van der Waals surface area contributed by atoms with Crippen molar-refractivity contribution in [3.8, 4) is 0 Å². The molecule has 22 heavy (non-hydrogen) atoms. The molecule has 0 fully saturated rings. The summed E-state index contributed by atoms with van der Waals surface area (Å²) in [6, 6.07) is 6.14. The van der Waals surface area contributed by atoms with E-state index in [1.165, 1.54) is 19.1 Å². The zero-order valence-corrected chi connectivity index (χ0v) is 12.9. The second-order valence-corrected chi connectivity index (χ2v) is 5.16. The highest BCUT2D eigenvalue weighted by atomic mass is 19.1. The Kier molecular flexibility index (Phi) is 8.14. The fourth-order valence-electron chi connectivity index (χ4n) is 2.01. The molecule has 0 spiro atoms. The SMILES string of the molecule is CC(=O)Nc1ccc(C(F)C(=O)NCCCCCCN)cc1. The van der Waals surface area contributed by atoms with Gasteiger partial charge in [0.05, 0.1) is 0 Å². The van der Waals surface area contributed by atoms with E-state index in [9.17, 15) is 14.0 Å². The number of amides is 2. The molecule has 1 aromatic rings. The molecule has 0 aromatic heterocycles. The molecule has 6 heteroatoms. The molecule has 0 aliphatic carbocycles. The Hall–Kier alpha value is -1.95. The van der Waals surface area contributed by atoms with E-state index in [0.717, 1.165) is 25.7 Å². The van der Waals surface area contributed by atoms with E-state index in [2.05, 4.69) is 10.6 Å². The number of rotatable bonds is 9. The lowest BCUT2D eigenvalue weighted by molar-refractivity contribution is -0.126. The molecule has 0 aliphatic rings. The van der Waals surface area contributed by atoms with Crippen LogP contribution in [0.4, 0.5) is 10.1 Å². The number of alkyl halides is 1. The van der Waals surface area contributed by atoms with Gasteiger partial charge in [-0.15, -0.1) is 0 Å². The van der Waals surface area contributed by atoms with Crippen molar-refractivity contribution in [1.82, 2.24) is 5.32 Å². The summed E-state index contributed by atoms with van der Waals surface area (Å²) in [5.74, 6) is -0.831. The average Bonchev–Trinajstić information content (AvgIpc) is 2.50. The summed E-state index contributed by atoms with van der Waals surface area (Å²) in [4.78, 5) is 22.6. The zero-order chi connectivity index (χ0) is 16.4. The second-order valence-electron chi connectivity index (χ2n) is 5.16. The fraction of sp³-hybridized carbons (Fsp3) is 0.500. The van der Waals surface area contributed by atoms with Gasteiger partial charge in [-0.1, -0.05) is 25.0 Å². The lowest BCUT2D eigenvalue weighted by Gasteiger charge is -2.10. The van der Waals surface area contributed by atoms with Crippen LogP contribution in [0.15, 0.2) is 24.3 Å². The summed E-state index contributed by atoms with van der Waals surface area (Å²) >= 11 is 0. The highest BCUT2D eigenvalue weighted by Gasteiger charge is 2.18. The van der Waals surface area contributed by atoms with Crippen LogP contribution in [-0.4, -0.2) is 24.9 Å². The fourth-order valence-corrected chi connectivity index (χ4v) is 2.01. The van der Waals surface area contributed by atoms with E-state index in [0.29, 0.717) is 18.8 Å². The molecule has 122 valence electrons. The predicted molar refractivity (Wildman–Crippen MR) is 85.1 cm³/mol. The number of carbonyl (C=O) groups is 2. The number of carbonyl (C=O) groups excluding carboxylic acids is 2. The highest BCUT2D eigenvalue weighted by molar-refractivity contribution is 5.88. The Labute approximate surface area is 130 Å². The lowest BCUT2D eigenvalue weighted by Crippen LogP contribution is -2.28. The number of unbranched alkanes of at least 4 members (excludes halogenated alkanes) is 3. The van der Waals surface area contributed by atoms with Crippen molar-refractivity contribution in [2.45, 2.75) is 38.8 Å². The largest absolute Gasteiger partial charge is 0.353 e. The van der Waals surface area contributed by atoms with Crippen LogP contribution in [0.25, 0.3) is 0 Å². The molecule has 0 radical (unpaired) electrons. The number of hydrogen-bond acceptors (Lipinski definition) is 3. The smallest absolute Gasteiger partial charge is 0.259 e. The van der Waals surface area contributed by atoms with Crippen LogP contribution < -0.4 is 16.4 Å². The number of nitrogens with two attached hydrogens (primary N) is 1. The van der Waals surface area contributed by atoms with Crippen molar-refractivity contribution in [2.24, 2.45) is 5.73 Å². The monoisotopic (exact) mass is 309 g/mol. The third-order valence-corrected chi connectivity index (χ3v) is 3.18. The quantitative estimate of drug-likeness (QED) is 0.612. The predicted octanol–water partition coefficient (Wildman–Crippen LogP) is 2.29. The first kappa shape index (κ1) is 18.1. The number of halogens is 1. The molecule has 0 aliphatic heterocycles. The van der Waals surface area contributed by atoms with Gasteiger partial charge in [-0.05, 0) is 37.1 Å². The van der Waals surface area contributed by atoms with Gasteiger partial charge in [-0.2, -0.15) is 0 Å². The standard InChI is InChI=1S/C16H24FN3O2/c1-12(21)20-14-8-6-13(7-9-14)15(17)16(22)19-11-5-3-2-4-10-18/h6-9,15H,2-5,10-11,18H2,1H3,(H,19,22)(H,20,21). The Morgan fingerprint density at radius 3 is 2.36 bits per heavy atom. The maximum atomic E-state index is 14.0. The van der Waals surface area contributed by atoms with Crippen molar-refractivity contribution in [3.63, 3.8) is 0 Å². The Morgan fingerprint density at radius 2 is 1.77 bits per heavy atom. The number of anilines is 1. The van der Waals surface area contributed by atoms with E-state index in [-0.39, 0.29) is 11.5 Å². The molecule has 5 nitrogen and oxygen atoms in total. The minimum atomic E-state index is -1.70. The van der Waals surface area contributed by atoms with Crippen molar-refractivity contribution in [2.75, 3.05) is 18.4 Å². The first-order valence-electron chi connectivity index (χ1n) is 7.54. The molecular formula is C16H24FN3O2. The molecule has 0 saturated carbocycles. The molecule has 1 rings (SSSR count). The highest BCUT2D eigenvalue weighted by Crippen LogP contribution is 2.20. The summed E-state index contributed by atoms with van der Waals surface area (Å²) in [7, 11) is 0. The van der Waals surface area contributed by atoms with E-state index in [4.69, 9.17) is 5.73 Å². The van der Waals surface area contributed by atoms with Crippen molar-refractivity contribution in [3.05, 3.63) is 29.8 Å². The van der Waals surface area contributed by atoms with Crippen LogP contribution in [0.1, 0.15) is 44.3 Å². The van der Waals surface area contributed by atoms with E-state index >= 15 is 0 Å². The Bertz CT molecular complexity index is 477. The molecule has 0 bridgehead atoms. The van der Waals surface area contributed by atoms with Crippen LogP contribution in [-0.2, 0) is 9.59 Å². The number of nitrogens with one attached hydrogen (secondary N) is 2. The van der Waals surface area contributed by atoms with Gasteiger partial charge in [-0.3, -0.25) is 9.59 Å². The third-order valence-electron chi connectivity index (χ3n) is 3.18. The summed E-state index contributed by atoms with van der Waals surface area (Å²) in [5.41, 5.74) is 6.24. The van der Waals surface area contributed by atoms with E-state index in [1.54, 1.807) is 12.1 Å². The van der Waals surface area contributed by atoms with Crippen molar-refractivity contribution < 1.29 is 14.0 Å². The van der Waals surface area contributed by atoms with Gasteiger partial charge >= 0.3 is 0 Å². The summed E-state index contributed by atoms with van der Waals surface area (Å²) < 4.78 is 14.0. The normalized spacial score (nSPS) is 11.8. The van der Waals surface area contributed by atoms with Gasteiger partial charge in [-0.25, -0.2) is 4.39 Å². The molecular weight excluding hydrogens is 285 g/mol. The topological polar surface area (TPSA) is 84.2 Å². The minimum absolute atomic E-state index is 0.197. The van der Waals surface area contributed by atoms with Gasteiger partial charge in [0.15, 0.2) is 0 Å². The van der Waals surface area contributed by atoms with E-state index < -0.39 is 12.1 Å². The molecule has 0 saturated heterocycles. The first-order valence-corrected chi connectivity index (χ1v) is 7.54. The van der Waals surface area contributed by atoms with Crippen LogP contribution >= 0.6 is 0 Å². The summed E-state index contributed by atoms with van der Waals surface area (Å²) in [6.45, 7) is 2.54. The minimum Gasteiger partial charge on any atom is -0.353 e. The lowest BCUT2D eigenvalue weighted by atomic mass is 10.1. The van der Waals surface area contributed by atoms with Gasteiger partial charge in [0.25, 0.3) is 5.91 Å². The first-order chi connectivity index (χ1) is 10.5. The third kappa shape index (κ3) is 6.67. The molecule has 0 heterocycles. The van der Waals surface area contributed by atoms with Gasteiger partial charge < -0.3 is 16.4 Å². The molecule has 1 unspecified atom stereocenters. The van der Waals surface area contributed by atoms with Gasteiger partial charge in [0, 0.05) is 19.2 Å². The summed E-state index contributed by atoms with van der Waals surface area (Å²) in [5, 5.41) is 5.18. The van der Waals surface area contributed by atoms with Crippen LogP contribution in [0.2, 0.25) is 0 Å². The zero-order valence-electron chi connectivity index (χ0n) is 12.9. The van der Waals surface area contributed by atoms with E-state index in [1.807, 2.05) is 0 Å². The molecule has 2 amide bonds. The number of hydrogen-bond donors (Lipinski definition) is 3.